The summed E-state index contributed by atoms with van der Waals surface area (Å²) < 4.78 is 34.9. The van der Waals surface area contributed by atoms with Gasteiger partial charge in [-0.3, -0.25) is 9.59 Å². The van der Waals surface area contributed by atoms with Crippen LogP contribution in [0.5, 0.6) is 11.5 Å². The number of carbonyl (C=O) groups excluding carboxylic acids is 2. The van der Waals surface area contributed by atoms with Gasteiger partial charge in [-0.1, -0.05) is 12.1 Å². The molecule has 0 spiro atoms. The molecule has 1 aliphatic rings. The van der Waals surface area contributed by atoms with E-state index in [1.165, 1.54) is 42.7 Å². The molecule has 0 radical (unpaired) electrons. The molecule has 1 saturated carbocycles. The van der Waals surface area contributed by atoms with Crippen molar-refractivity contribution in [3.63, 3.8) is 0 Å². The van der Waals surface area contributed by atoms with Crippen LogP contribution in [0.4, 0.5) is 13.8 Å². The zero-order valence-electron chi connectivity index (χ0n) is 14.9. The van der Waals surface area contributed by atoms with E-state index in [9.17, 15) is 18.4 Å². The second-order valence-corrected chi connectivity index (χ2v) is 6.91. The lowest BCUT2D eigenvalue weighted by Crippen LogP contribution is -2.26. The van der Waals surface area contributed by atoms with Gasteiger partial charge in [0, 0.05) is 17.7 Å². The molecular weight excluding hydrogens is 390 g/mol. The van der Waals surface area contributed by atoms with Gasteiger partial charge in [0.25, 0.3) is 5.91 Å². The Balaban J connectivity index is 1.71. The average molecular weight is 408 g/mol. The number of para-hydroxylation sites is 1. The van der Waals surface area contributed by atoms with E-state index in [4.69, 9.17) is 4.74 Å². The molecule has 2 amide bonds. The molecule has 2 aromatic rings. The topological polar surface area (TPSA) is 76.7 Å². The summed E-state index contributed by atoms with van der Waals surface area (Å²) >= 11 is 1.22. The van der Waals surface area contributed by atoms with Crippen LogP contribution >= 0.6 is 11.3 Å². The van der Waals surface area contributed by atoms with Crippen LogP contribution in [0.1, 0.15) is 28.8 Å². The van der Waals surface area contributed by atoms with E-state index >= 15 is 0 Å². The number of halogens is 2. The zero-order valence-corrected chi connectivity index (χ0v) is 15.7. The number of hydrogen-bond donors (Lipinski definition) is 2. The van der Waals surface area contributed by atoms with E-state index < -0.39 is 12.5 Å². The lowest BCUT2D eigenvalue weighted by atomic mass is 10.1. The number of ether oxygens (including phenoxy) is 2. The quantitative estimate of drug-likeness (QED) is 0.650. The summed E-state index contributed by atoms with van der Waals surface area (Å²) in [5.74, 6) is -0.776. The lowest BCUT2D eigenvalue weighted by molar-refractivity contribution is -0.111. The predicted octanol–water partition coefficient (Wildman–Crippen LogP) is 3.90. The van der Waals surface area contributed by atoms with E-state index in [0.717, 1.165) is 12.8 Å². The molecule has 28 heavy (non-hydrogen) atoms. The first-order valence-corrected chi connectivity index (χ1v) is 9.35. The van der Waals surface area contributed by atoms with E-state index in [0.29, 0.717) is 10.6 Å². The summed E-state index contributed by atoms with van der Waals surface area (Å²) in [4.78, 5) is 24.4. The van der Waals surface area contributed by atoms with Crippen molar-refractivity contribution in [1.29, 1.82) is 0 Å². The van der Waals surface area contributed by atoms with Gasteiger partial charge in [-0.2, -0.15) is 8.78 Å². The highest BCUT2D eigenvalue weighted by atomic mass is 32.1. The minimum atomic E-state index is -3.03. The van der Waals surface area contributed by atoms with Crippen LogP contribution in [-0.4, -0.2) is 31.6 Å². The number of amides is 2. The second-order valence-electron chi connectivity index (χ2n) is 5.99. The Morgan fingerprint density at radius 3 is 2.75 bits per heavy atom. The van der Waals surface area contributed by atoms with Crippen molar-refractivity contribution in [3.8, 4) is 11.5 Å². The smallest absolute Gasteiger partial charge is 0.387 e. The summed E-state index contributed by atoms with van der Waals surface area (Å²) in [6.07, 6.45) is 4.44. The third kappa shape index (κ3) is 5.07. The molecule has 1 fully saturated rings. The minimum Gasteiger partial charge on any atom is -0.493 e. The first kappa shape index (κ1) is 19.8. The van der Waals surface area contributed by atoms with Gasteiger partial charge in [0.05, 0.1) is 12.7 Å². The highest BCUT2D eigenvalue weighted by molar-refractivity contribution is 7.14. The lowest BCUT2D eigenvalue weighted by Gasteiger charge is -2.12. The van der Waals surface area contributed by atoms with Gasteiger partial charge in [-0.05, 0) is 36.4 Å². The van der Waals surface area contributed by atoms with Crippen molar-refractivity contribution in [2.75, 3.05) is 12.4 Å². The van der Waals surface area contributed by atoms with Gasteiger partial charge in [0.1, 0.15) is 5.00 Å². The fourth-order valence-corrected chi connectivity index (χ4v) is 3.22. The van der Waals surface area contributed by atoms with Crippen LogP contribution in [0.3, 0.4) is 0 Å². The van der Waals surface area contributed by atoms with Crippen molar-refractivity contribution >= 4 is 34.2 Å². The summed E-state index contributed by atoms with van der Waals surface area (Å²) in [6, 6.07) is 6.43. The van der Waals surface area contributed by atoms with Gasteiger partial charge in [-0.15, -0.1) is 11.3 Å². The minimum absolute atomic E-state index is 0.125. The second kappa shape index (κ2) is 8.83. The monoisotopic (exact) mass is 408 g/mol. The molecule has 3 rings (SSSR count). The highest BCUT2D eigenvalue weighted by Gasteiger charge is 2.25. The zero-order chi connectivity index (χ0) is 20.1. The summed E-state index contributed by atoms with van der Waals surface area (Å²) in [6.45, 7) is -3.03. The number of anilines is 1. The van der Waals surface area contributed by atoms with Gasteiger partial charge in [0.15, 0.2) is 11.5 Å². The SMILES string of the molecule is COc1cccc(/C=C/C(=O)Nc2sccc2C(=O)NC2CC2)c1OC(F)F. The van der Waals surface area contributed by atoms with Crippen LogP contribution in [-0.2, 0) is 4.79 Å². The number of hydrogen-bond acceptors (Lipinski definition) is 5. The normalized spacial score (nSPS) is 13.6. The third-order valence-corrected chi connectivity index (χ3v) is 4.74. The molecule has 0 bridgehead atoms. The molecule has 1 aromatic carbocycles. The number of methoxy groups -OCH3 is 1. The molecular formula is C19H18F2N2O4S. The number of carbonyl (C=O) groups is 2. The Labute approximate surface area is 164 Å². The summed E-state index contributed by atoms with van der Waals surface area (Å²) in [5, 5.41) is 7.62. The van der Waals surface area contributed by atoms with E-state index in [-0.39, 0.29) is 29.0 Å². The van der Waals surface area contributed by atoms with E-state index in [1.807, 2.05) is 0 Å². The predicted molar refractivity (Wildman–Crippen MR) is 102 cm³/mol. The van der Waals surface area contributed by atoms with Crippen molar-refractivity contribution in [2.24, 2.45) is 0 Å². The molecule has 9 heteroatoms. The Kier molecular flexibility index (Phi) is 6.25. The number of alkyl halides is 2. The largest absolute Gasteiger partial charge is 0.493 e. The van der Waals surface area contributed by atoms with Crippen molar-refractivity contribution in [3.05, 3.63) is 46.8 Å². The first-order chi connectivity index (χ1) is 13.5. The molecule has 0 saturated heterocycles. The van der Waals surface area contributed by atoms with E-state index in [1.54, 1.807) is 17.5 Å². The highest BCUT2D eigenvalue weighted by Crippen LogP contribution is 2.33. The Bertz CT molecular complexity index is 894. The van der Waals surface area contributed by atoms with Crippen LogP contribution in [0.15, 0.2) is 35.7 Å². The standard InChI is InChI=1S/C19H18F2N2O4S/c1-26-14-4-2-3-11(16(14)27-19(20)21)5-8-15(24)23-18-13(9-10-28-18)17(25)22-12-6-7-12/h2-5,8-10,12,19H,6-7H2,1H3,(H,22,25)(H,23,24)/b8-5+. The molecule has 0 atom stereocenters. The fourth-order valence-electron chi connectivity index (χ4n) is 2.43. The number of rotatable bonds is 8. The Morgan fingerprint density at radius 1 is 1.29 bits per heavy atom. The molecule has 148 valence electrons. The molecule has 0 aliphatic heterocycles. The van der Waals surface area contributed by atoms with Gasteiger partial charge in [0.2, 0.25) is 5.91 Å². The maximum atomic E-state index is 12.7. The first-order valence-electron chi connectivity index (χ1n) is 8.47. The maximum absolute atomic E-state index is 12.7. The van der Waals surface area contributed by atoms with E-state index in [2.05, 4.69) is 15.4 Å². The molecule has 2 N–H and O–H groups in total. The molecule has 0 unspecified atom stereocenters. The molecule has 1 aromatic heterocycles. The average Bonchev–Trinajstić information content (AvgIpc) is 3.35. The van der Waals surface area contributed by atoms with Crippen LogP contribution < -0.4 is 20.1 Å². The van der Waals surface area contributed by atoms with Gasteiger partial charge < -0.3 is 20.1 Å². The van der Waals surface area contributed by atoms with Gasteiger partial charge >= 0.3 is 6.61 Å². The number of benzene rings is 1. The Morgan fingerprint density at radius 2 is 2.07 bits per heavy atom. The van der Waals surface area contributed by atoms with Crippen molar-refractivity contribution in [2.45, 2.75) is 25.5 Å². The van der Waals surface area contributed by atoms with Crippen LogP contribution in [0, 0.1) is 0 Å². The number of thiophene rings is 1. The van der Waals surface area contributed by atoms with Gasteiger partial charge in [-0.25, -0.2) is 0 Å². The van der Waals surface area contributed by atoms with Crippen molar-refractivity contribution in [1.82, 2.24) is 5.32 Å². The summed E-state index contributed by atoms with van der Waals surface area (Å²) in [7, 11) is 1.33. The maximum Gasteiger partial charge on any atom is 0.387 e. The fraction of sp³-hybridized carbons (Fsp3) is 0.263. The number of nitrogens with one attached hydrogen (secondary N) is 2. The van der Waals surface area contributed by atoms with Crippen molar-refractivity contribution < 1.29 is 27.8 Å². The Hall–Kier alpha value is -2.94. The molecule has 6 nitrogen and oxygen atoms in total. The third-order valence-electron chi connectivity index (χ3n) is 3.91. The van der Waals surface area contributed by atoms with Crippen LogP contribution in [0.25, 0.3) is 6.08 Å². The molecule has 1 aliphatic carbocycles. The molecule has 1 heterocycles. The summed E-state index contributed by atoms with van der Waals surface area (Å²) in [5.41, 5.74) is 0.648. The van der Waals surface area contributed by atoms with Crippen LogP contribution in [0.2, 0.25) is 0 Å².